The highest BCUT2D eigenvalue weighted by atomic mass is 32.2. The second-order valence-electron chi connectivity index (χ2n) is 5.80. The summed E-state index contributed by atoms with van der Waals surface area (Å²) in [6.45, 7) is 1.89. The minimum Gasteiger partial charge on any atom is -0.365 e. The quantitative estimate of drug-likeness (QED) is 0.673. The van der Waals surface area contributed by atoms with E-state index in [1.165, 1.54) is 37.3 Å². The highest BCUT2D eigenvalue weighted by molar-refractivity contribution is 7.92. The molecular formula is C18H16F2N4O2S. The fraction of sp³-hybridized carbons (Fsp3) is 0.111. The Hall–Kier alpha value is -3.07. The zero-order chi connectivity index (χ0) is 19.4. The summed E-state index contributed by atoms with van der Waals surface area (Å²) in [4.78, 5) is -0.0679. The number of aromatic nitrogens is 2. The monoisotopic (exact) mass is 390 g/mol. The average molecular weight is 390 g/mol. The molecule has 6 nitrogen and oxygen atoms in total. The van der Waals surface area contributed by atoms with Gasteiger partial charge in [0, 0.05) is 6.54 Å². The third-order valence-corrected chi connectivity index (χ3v) is 5.08. The fourth-order valence-corrected chi connectivity index (χ4v) is 3.34. The van der Waals surface area contributed by atoms with Gasteiger partial charge in [-0.05, 0) is 60.5 Å². The Labute approximate surface area is 155 Å². The van der Waals surface area contributed by atoms with Gasteiger partial charge in [-0.2, -0.15) is 0 Å². The van der Waals surface area contributed by atoms with Gasteiger partial charge in [0.15, 0.2) is 5.82 Å². The molecule has 0 fully saturated rings. The van der Waals surface area contributed by atoms with Gasteiger partial charge < -0.3 is 5.32 Å². The summed E-state index contributed by atoms with van der Waals surface area (Å²) in [7, 11) is -3.90. The van der Waals surface area contributed by atoms with Crippen molar-refractivity contribution in [2.24, 2.45) is 0 Å². The molecule has 140 valence electrons. The average Bonchev–Trinajstić information content (AvgIpc) is 2.64. The van der Waals surface area contributed by atoms with Crippen molar-refractivity contribution in [3.63, 3.8) is 0 Å². The molecule has 0 bridgehead atoms. The Morgan fingerprint density at radius 2 is 1.59 bits per heavy atom. The standard InChI is InChI=1S/C18H16F2N4O2S/c1-12-10-15(6-7-16(12)20)27(25,26)24-18-9-8-17(22-23-18)21-11-13-2-4-14(19)5-3-13/h2-10H,11H2,1H3,(H,21,22)(H,23,24). The van der Waals surface area contributed by atoms with Crippen molar-refractivity contribution in [1.29, 1.82) is 0 Å². The number of benzene rings is 2. The highest BCUT2D eigenvalue weighted by Crippen LogP contribution is 2.18. The number of nitrogens with zero attached hydrogens (tertiary/aromatic N) is 2. The van der Waals surface area contributed by atoms with E-state index in [1.54, 1.807) is 18.2 Å². The van der Waals surface area contributed by atoms with Crippen LogP contribution in [0, 0.1) is 18.6 Å². The Morgan fingerprint density at radius 1 is 0.926 bits per heavy atom. The summed E-state index contributed by atoms with van der Waals surface area (Å²) in [5.74, 6) is -0.332. The molecule has 0 unspecified atom stereocenters. The Balaban J connectivity index is 1.66. The molecule has 0 saturated carbocycles. The lowest BCUT2D eigenvalue weighted by Gasteiger charge is -2.09. The minimum atomic E-state index is -3.90. The zero-order valence-corrected chi connectivity index (χ0v) is 15.1. The first kappa shape index (κ1) is 18.7. The van der Waals surface area contributed by atoms with E-state index in [0.29, 0.717) is 12.4 Å². The molecule has 0 spiro atoms. The van der Waals surface area contributed by atoms with Gasteiger partial charge in [0.05, 0.1) is 4.90 Å². The van der Waals surface area contributed by atoms with Crippen LogP contribution in [-0.4, -0.2) is 18.6 Å². The van der Waals surface area contributed by atoms with Crippen LogP contribution in [0.5, 0.6) is 0 Å². The van der Waals surface area contributed by atoms with E-state index in [0.717, 1.165) is 11.6 Å². The normalized spacial score (nSPS) is 11.2. The molecule has 0 aliphatic rings. The summed E-state index contributed by atoms with van der Waals surface area (Å²) < 4.78 is 53.2. The fourth-order valence-electron chi connectivity index (χ4n) is 2.26. The van der Waals surface area contributed by atoms with Crippen LogP contribution in [0.4, 0.5) is 20.4 Å². The third kappa shape index (κ3) is 4.76. The number of halogens is 2. The van der Waals surface area contributed by atoms with Crippen LogP contribution in [0.15, 0.2) is 59.5 Å². The molecule has 0 atom stereocenters. The first-order valence-corrected chi connectivity index (χ1v) is 9.43. The number of nitrogens with one attached hydrogen (secondary N) is 2. The molecule has 2 aromatic carbocycles. The lowest BCUT2D eigenvalue weighted by atomic mass is 10.2. The summed E-state index contributed by atoms with van der Waals surface area (Å²) >= 11 is 0. The highest BCUT2D eigenvalue weighted by Gasteiger charge is 2.16. The van der Waals surface area contributed by atoms with E-state index in [2.05, 4.69) is 20.2 Å². The topological polar surface area (TPSA) is 84.0 Å². The predicted octanol–water partition coefficient (Wildman–Crippen LogP) is 3.48. The van der Waals surface area contributed by atoms with Crippen molar-refractivity contribution in [3.05, 3.63) is 77.4 Å². The lowest BCUT2D eigenvalue weighted by molar-refractivity contribution is 0.598. The van der Waals surface area contributed by atoms with Crippen molar-refractivity contribution in [1.82, 2.24) is 10.2 Å². The van der Waals surface area contributed by atoms with E-state index >= 15 is 0 Å². The molecule has 3 aromatic rings. The number of hydrogen-bond donors (Lipinski definition) is 2. The SMILES string of the molecule is Cc1cc(S(=O)(=O)Nc2ccc(NCc3ccc(F)cc3)nn2)ccc1F. The number of aryl methyl sites for hydroxylation is 1. The van der Waals surface area contributed by atoms with E-state index in [1.807, 2.05) is 0 Å². The van der Waals surface area contributed by atoms with Crippen molar-refractivity contribution in [2.45, 2.75) is 18.4 Å². The maximum absolute atomic E-state index is 13.3. The number of rotatable bonds is 6. The van der Waals surface area contributed by atoms with Crippen LogP contribution >= 0.6 is 0 Å². The van der Waals surface area contributed by atoms with E-state index < -0.39 is 15.8 Å². The molecule has 3 rings (SSSR count). The van der Waals surface area contributed by atoms with Crippen LogP contribution in [-0.2, 0) is 16.6 Å². The van der Waals surface area contributed by atoms with Gasteiger partial charge in [0.1, 0.15) is 17.5 Å². The van der Waals surface area contributed by atoms with Gasteiger partial charge >= 0.3 is 0 Å². The molecule has 0 amide bonds. The van der Waals surface area contributed by atoms with E-state index in [-0.39, 0.29) is 22.1 Å². The molecule has 0 aliphatic heterocycles. The number of hydrogen-bond acceptors (Lipinski definition) is 5. The van der Waals surface area contributed by atoms with Crippen LogP contribution in [0.2, 0.25) is 0 Å². The van der Waals surface area contributed by atoms with E-state index in [4.69, 9.17) is 0 Å². The Morgan fingerprint density at radius 3 is 2.22 bits per heavy atom. The van der Waals surface area contributed by atoms with Crippen LogP contribution in [0.1, 0.15) is 11.1 Å². The van der Waals surface area contributed by atoms with Gasteiger partial charge in [-0.15, -0.1) is 10.2 Å². The first-order valence-electron chi connectivity index (χ1n) is 7.94. The molecular weight excluding hydrogens is 374 g/mol. The second kappa shape index (κ2) is 7.67. The molecule has 1 heterocycles. The molecule has 1 aromatic heterocycles. The van der Waals surface area contributed by atoms with E-state index in [9.17, 15) is 17.2 Å². The van der Waals surface area contributed by atoms with Crippen LogP contribution in [0.3, 0.4) is 0 Å². The Bertz CT molecular complexity index is 1040. The largest absolute Gasteiger partial charge is 0.365 e. The maximum Gasteiger partial charge on any atom is 0.263 e. The third-order valence-electron chi connectivity index (χ3n) is 3.73. The second-order valence-corrected chi connectivity index (χ2v) is 7.48. The summed E-state index contributed by atoms with van der Waals surface area (Å²) in [6, 6.07) is 12.5. The van der Waals surface area contributed by atoms with Gasteiger partial charge in [-0.1, -0.05) is 12.1 Å². The van der Waals surface area contributed by atoms with Gasteiger partial charge in [0.2, 0.25) is 0 Å². The first-order chi connectivity index (χ1) is 12.8. The molecule has 27 heavy (non-hydrogen) atoms. The van der Waals surface area contributed by atoms with Gasteiger partial charge in [0.25, 0.3) is 10.0 Å². The maximum atomic E-state index is 13.3. The summed E-state index contributed by atoms with van der Waals surface area (Å²) in [5, 5.41) is 10.7. The zero-order valence-electron chi connectivity index (χ0n) is 14.3. The van der Waals surface area contributed by atoms with Crippen molar-refractivity contribution in [2.75, 3.05) is 10.0 Å². The Kier molecular flexibility index (Phi) is 5.31. The van der Waals surface area contributed by atoms with Crippen molar-refractivity contribution < 1.29 is 17.2 Å². The van der Waals surface area contributed by atoms with Crippen molar-refractivity contribution >= 4 is 21.7 Å². The van der Waals surface area contributed by atoms with Crippen LogP contribution in [0.25, 0.3) is 0 Å². The van der Waals surface area contributed by atoms with Crippen LogP contribution < -0.4 is 10.0 Å². The summed E-state index contributed by atoms with van der Waals surface area (Å²) in [5.41, 5.74) is 1.08. The molecule has 2 N–H and O–H groups in total. The minimum absolute atomic E-state index is 0.0318. The smallest absolute Gasteiger partial charge is 0.263 e. The molecule has 0 saturated heterocycles. The van der Waals surface area contributed by atoms with Gasteiger partial charge in [-0.25, -0.2) is 17.2 Å². The molecule has 0 radical (unpaired) electrons. The molecule has 9 heteroatoms. The number of sulfonamides is 1. The molecule has 0 aliphatic carbocycles. The van der Waals surface area contributed by atoms with Gasteiger partial charge in [-0.3, -0.25) is 4.72 Å². The number of anilines is 2. The van der Waals surface area contributed by atoms with Crippen molar-refractivity contribution in [3.8, 4) is 0 Å². The predicted molar refractivity (Wildman–Crippen MR) is 97.7 cm³/mol. The summed E-state index contributed by atoms with van der Waals surface area (Å²) in [6.07, 6.45) is 0. The lowest BCUT2D eigenvalue weighted by Crippen LogP contribution is -2.15.